The molecule has 2 saturated heterocycles. The van der Waals surface area contributed by atoms with E-state index in [0.29, 0.717) is 108 Å². The summed E-state index contributed by atoms with van der Waals surface area (Å²) >= 11 is 16.0. The van der Waals surface area contributed by atoms with E-state index in [1.54, 1.807) is 49.7 Å². The van der Waals surface area contributed by atoms with Gasteiger partial charge in [0.1, 0.15) is 60.5 Å². The Hall–Kier alpha value is -5.44. The van der Waals surface area contributed by atoms with Gasteiger partial charge in [0.2, 0.25) is 12.0 Å². The van der Waals surface area contributed by atoms with Crippen LogP contribution in [-0.4, -0.2) is 157 Å². The van der Waals surface area contributed by atoms with Gasteiger partial charge in [0.05, 0.1) is 34.3 Å². The van der Waals surface area contributed by atoms with Gasteiger partial charge in [0, 0.05) is 88.1 Å². The lowest BCUT2D eigenvalue weighted by Gasteiger charge is -2.35. The number of methoxy groups -OCH3 is 1. The van der Waals surface area contributed by atoms with Crippen LogP contribution >= 0.6 is 34.5 Å². The molecule has 4 aliphatic heterocycles. The van der Waals surface area contributed by atoms with E-state index in [9.17, 15) is 14.3 Å². The maximum Gasteiger partial charge on any atom is 0.345 e. The number of ether oxygens (including phenoxy) is 7. The molecular weight excluding hydrogens is 965 g/mol. The number of likely N-dealkylation sites (N-methyl/N-ethyl adjacent to an activating group) is 1. The Kier molecular flexibility index (Phi) is 15.8. The standard InChI is InChI=1S/C50H54Cl2FN7O9S/c1-29-40-30(2)44(52)45(43(29)51)68-37(24-59-15-13-58(3)14-16-59)27-65-35-9-10-38(66-25-34-11-12-54-50(57-34)67-26-36-23-60(17-19-63-4)18-20-64-36)32(21-35)22-39(49(61)62)69-47-42-41(40)46(70-48(42)56-28-55-47)31-5-7-33(53)8-6-31/h5-12,21,28,36-37,39H,13-20,22-27H2,1-4H3,(H,61,62)/t36-,37+,39+/m0/s1. The number of aromatic nitrogens is 4. The molecule has 16 nitrogen and oxygen atoms in total. The largest absolute Gasteiger partial charge is 0.490 e. The molecule has 0 unspecified atom stereocenters. The number of thiophene rings is 1. The summed E-state index contributed by atoms with van der Waals surface area (Å²) < 4.78 is 57.8. The Morgan fingerprint density at radius 1 is 0.929 bits per heavy atom. The summed E-state index contributed by atoms with van der Waals surface area (Å²) in [4.78, 5) is 39.5. The van der Waals surface area contributed by atoms with E-state index in [-0.39, 0.29) is 44.2 Å². The third-order valence-electron chi connectivity index (χ3n) is 12.7. The number of benzene rings is 3. The number of carbonyl (C=O) groups is 1. The highest BCUT2D eigenvalue weighted by Crippen LogP contribution is 2.53. The average Bonchev–Trinajstić information content (AvgIpc) is 3.75. The second-order valence-corrected chi connectivity index (χ2v) is 19.3. The van der Waals surface area contributed by atoms with Crippen molar-refractivity contribution in [2.45, 2.75) is 45.2 Å². The zero-order valence-electron chi connectivity index (χ0n) is 39.3. The summed E-state index contributed by atoms with van der Waals surface area (Å²) in [5, 5.41) is 11.9. The van der Waals surface area contributed by atoms with Gasteiger partial charge in [-0.05, 0) is 79.5 Å². The van der Waals surface area contributed by atoms with Crippen LogP contribution in [0, 0.1) is 19.7 Å². The van der Waals surface area contributed by atoms with E-state index in [1.807, 2.05) is 13.8 Å². The van der Waals surface area contributed by atoms with Gasteiger partial charge in [-0.25, -0.2) is 24.1 Å². The molecule has 6 aromatic rings. The molecular formula is C50H54Cl2FN7O9S. The molecule has 0 radical (unpaired) electrons. The van der Waals surface area contributed by atoms with Gasteiger partial charge in [-0.1, -0.05) is 35.3 Å². The molecule has 370 valence electrons. The summed E-state index contributed by atoms with van der Waals surface area (Å²) in [5.74, 6) is -0.498. The molecule has 10 rings (SSSR count). The predicted octanol–water partition coefficient (Wildman–Crippen LogP) is 7.64. The Morgan fingerprint density at radius 3 is 2.47 bits per heavy atom. The highest BCUT2D eigenvalue weighted by molar-refractivity contribution is 7.22. The van der Waals surface area contributed by atoms with Gasteiger partial charge < -0.3 is 43.2 Å². The number of nitrogens with zero attached hydrogens (tertiary/aromatic N) is 7. The lowest BCUT2D eigenvalue weighted by molar-refractivity contribution is -0.145. The first-order valence-corrected chi connectivity index (χ1v) is 24.6. The van der Waals surface area contributed by atoms with Crippen LogP contribution < -0.4 is 23.7 Å². The van der Waals surface area contributed by atoms with Crippen LogP contribution in [0.15, 0.2) is 61.1 Å². The Morgan fingerprint density at radius 2 is 1.71 bits per heavy atom. The molecule has 0 saturated carbocycles. The average molecular weight is 1020 g/mol. The first kappa shape index (κ1) is 49.5. The zero-order valence-corrected chi connectivity index (χ0v) is 41.6. The molecule has 4 aliphatic rings. The van der Waals surface area contributed by atoms with Crippen molar-refractivity contribution in [2.75, 3.05) is 92.9 Å². The van der Waals surface area contributed by atoms with Crippen molar-refractivity contribution in [3.63, 3.8) is 0 Å². The fourth-order valence-electron chi connectivity index (χ4n) is 8.86. The van der Waals surface area contributed by atoms with E-state index in [4.69, 9.17) is 56.4 Å². The number of fused-ring (bicyclic) bond motifs is 7. The Bertz CT molecular complexity index is 2790. The summed E-state index contributed by atoms with van der Waals surface area (Å²) in [5.41, 5.74) is 4.25. The highest BCUT2D eigenvalue weighted by atomic mass is 35.5. The summed E-state index contributed by atoms with van der Waals surface area (Å²) in [6.07, 6.45) is 0.576. The van der Waals surface area contributed by atoms with Gasteiger partial charge in [0.15, 0.2) is 5.75 Å². The number of piperazine rings is 1. The van der Waals surface area contributed by atoms with Gasteiger partial charge in [-0.15, -0.1) is 11.3 Å². The summed E-state index contributed by atoms with van der Waals surface area (Å²) in [6, 6.07) is 13.2. The molecule has 0 amide bonds. The minimum atomic E-state index is -1.48. The lowest BCUT2D eigenvalue weighted by atomic mass is 9.92. The number of halogens is 3. The number of hydrogen-bond donors (Lipinski definition) is 1. The monoisotopic (exact) mass is 1020 g/mol. The van der Waals surface area contributed by atoms with E-state index in [1.165, 1.54) is 29.8 Å². The second kappa shape index (κ2) is 22.3. The van der Waals surface area contributed by atoms with Crippen LogP contribution in [0.2, 0.25) is 10.0 Å². The molecule has 2 fully saturated rings. The predicted molar refractivity (Wildman–Crippen MR) is 264 cm³/mol. The fourth-order valence-corrected chi connectivity index (χ4v) is 10.5. The third kappa shape index (κ3) is 11.3. The van der Waals surface area contributed by atoms with E-state index in [0.717, 1.165) is 39.3 Å². The van der Waals surface area contributed by atoms with Crippen LogP contribution in [0.4, 0.5) is 4.39 Å². The number of carboxylic acid groups (broad SMARTS) is 1. The van der Waals surface area contributed by atoms with Crippen molar-refractivity contribution in [2.24, 2.45) is 0 Å². The van der Waals surface area contributed by atoms with Crippen LogP contribution in [0.1, 0.15) is 22.4 Å². The first-order valence-electron chi connectivity index (χ1n) is 23.1. The molecule has 4 bridgehead atoms. The quantitative estimate of drug-likeness (QED) is 0.120. The van der Waals surface area contributed by atoms with Crippen molar-refractivity contribution in [1.29, 1.82) is 0 Å². The zero-order chi connectivity index (χ0) is 48.9. The molecule has 70 heavy (non-hydrogen) atoms. The SMILES string of the molecule is COCCN1CCO[C@H](COc2nccc(COc3ccc4cc3C[C@H](C(=O)O)Oc3ncnc5sc(-c6ccc(F)cc6)c(c35)-c3c(C)c(Cl)c(c(Cl)c3C)O[C@H](CN3CCN(C)CC3)CO4)n2)C1. The van der Waals surface area contributed by atoms with Crippen molar-refractivity contribution < 1.29 is 47.4 Å². The molecule has 7 heterocycles. The number of hydrogen-bond acceptors (Lipinski definition) is 16. The summed E-state index contributed by atoms with van der Waals surface area (Å²) in [7, 11) is 3.79. The van der Waals surface area contributed by atoms with Crippen LogP contribution in [0.3, 0.4) is 0 Å². The molecule has 3 aromatic heterocycles. The third-order valence-corrected chi connectivity index (χ3v) is 14.7. The molecule has 3 atom stereocenters. The van der Waals surface area contributed by atoms with Crippen LogP contribution in [0.5, 0.6) is 29.1 Å². The normalized spacial score (nSPS) is 19.3. The van der Waals surface area contributed by atoms with Crippen molar-refractivity contribution in [3.8, 4) is 50.7 Å². The van der Waals surface area contributed by atoms with E-state index < -0.39 is 24.0 Å². The second-order valence-electron chi connectivity index (χ2n) is 17.5. The summed E-state index contributed by atoms with van der Waals surface area (Å²) in [6.45, 7) is 11.6. The minimum absolute atomic E-state index is 0.00471. The molecule has 0 spiro atoms. The molecule has 0 aliphatic carbocycles. The molecule has 3 aromatic carbocycles. The number of morpholine rings is 1. The van der Waals surface area contributed by atoms with Gasteiger partial charge in [0.25, 0.3) is 0 Å². The van der Waals surface area contributed by atoms with Gasteiger partial charge in [-0.3, -0.25) is 9.80 Å². The Balaban J connectivity index is 1.08. The lowest BCUT2D eigenvalue weighted by Crippen LogP contribution is -2.49. The van der Waals surface area contributed by atoms with Crippen molar-refractivity contribution in [3.05, 3.63) is 99.3 Å². The Labute approximate surface area is 419 Å². The number of rotatable bonds is 13. The number of carboxylic acids is 1. The molecule has 1 N–H and O–H groups in total. The highest BCUT2D eigenvalue weighted by Gasteiger charge is 2.32. The number of aliphatic carboxylic acids is 1. The van der Waals surface area contributed by atoms with Gasteiger partial charge >= 0.3 is 12.0 Å². The van der Waals surface area contributed by atoms with Crippen LogP contribution in [-0.2, 0) is 27.3 Å². The topological polar surface area (TPSA) is 163 Å². The van der Waals surface area contributed by atoms with E-state index in [2.05, 4.69) is 41.7 Å². The van der Waals surface area contributed by atoms with Crippen molar-refractivity contribution in [1.82, 2.24) is 34.6 Å². The van der Waals surface area contributed by atoms with Gasteiger partial charge in [-0.2, -0.15) is 4.98 Å². The fraction of sp³-hybridized carbons (Fsp3) is 0.420. The maximum absolute atomic E-state index is 14.4. The molecule has 20 heteroatoms. The van der Waals surface area contributed by atoms with E-state index >= 15 is 0 Å². The smallest absolute Gasteiger partial charge is 0.345 e. The van der Waals surface area contributed by atoms with Crippen molar-refractivity contribution >= 4 is 50.7 Å². The maximum atomic E-state index is 14.4. The first-order chi connectivity index (χ1) is 33.9. The van der Waals surface area contributed by atoms with Crippen LogP contribution in [0.25, 0.3) is 31.8 Å². The minimum Gasteiger partial charge on any atom is -0.490 e.